The molecule has 0 aromatic heterocycles. The lowest BCUT2D eigenvalue weighted by Gasteiger charge is -2.28. The molecule has 0 radical (unpaired) electrons. The minimum absolute atomic E-state index is 0.167. The van der Waals surface area contributed by atoms with Gasteiger partial charge in [0.2, 0.25) is 5.91 Å². The maximum atomic E-state index is 12.3. The minimum atomic E-state index is -4.41. The molecule has 2 N–H and O–H groups in total. The maximum Gasteiger partial charge on any atom is 0.410 e. The second-order valence-corrected chi connectivity index (χ2v) is 2.98. The fourth-order valence-corrected chi connectivity index (χ4v) is 1.44. The normalized spacial score (nSPS) is 20.9. The number of likely N-dealkylation sites (tertiary alicyclic amines) is 1. The number of halogens is 3. The number of amides is 1. The number of nitrogens with zero attached hydrogens (tertiary/aromatic N) is 1. The van der Waals surface area contributed by atoms with Crippen LogP contribution in [-0.4, -0.2) is 36.1 Å². The molecular weight excluding hydrogens is 185 g/mol. The summed E-state index contributed by atoms with van der Waals surface area (Å²) in [6, 6.07) is -1.80. The zero-order chi connectivity index (χ0) is 10.1. The summed E-state index contributed by atoms with van der Waals surface area (Å²) < 4.78 is 36.8. The predicted molar refractivity (Wildman–Crippen MR) is 39.8 cm³/mol. The van der Waals surface area contributed by atoms with Gasteiger partial charge in [0, 0.05) is 19.5 Å². The van der Waals surface area contributed by atoms with Crippen molar-refractivity contribution in [2.75, 3.05) is 13.1 Å². The molecule has 76 valence electrons. The monoisotopic (exact) mass is 196 g/mol. The van der Waals surface area contributed by atoms with Crippen molar-refractivity contribution in [3.63, 3.8) is 0 Å². The molecule has 13 heavy (non-hydrogen) atoms. The van der Waals surface area contributed by atoms with Crippen LogP contribution in [0.5, 0.6) is 0 Å². The zero-order valence-corrected chi connectivity index (χ0v) is 6.97. The number of alkyl halides is 3. The third kappa shape index (κ3) is 2.12. The molecule has 1 heterocycles. The number of nitrogens with two attached hydrogens (primary N) is 1. The van der Waals surface area contributed by atoms with E-state index in [0.29, 0.717) is 6.42 Å². The summed E-state index contributed by atoms with van der Waals surface area (Å²) in [5.74, 6) is -0.451. The Bertz CT molecular complexity index is 204. The molecule has 1 unspecified atom stereocenters. The minimum Gasteiger partial charge on any atom is -0.329 e. The first-order valence-electron chi connectivity index (χ1n) is 4.03. The van der Waals surface area contributed by atoms with Gasteiger partial charge in [-0.15, -0.1) is 0 Å². The van der Waals surface area contributed by atoms with E-state index in [2.05, 4.69) is 0 Å². The summed E-state index contributed by atoms with van der Waals surface area (Å²) >= 11 is 0. The Morgan fingerprint density at radius 2 is 2.15 bits per heavy atom. The molecule has 1 rings (SSSR count). The van der Waals surface area contributed by atoms with Crippen LogP contribution in [-0.2, 0) is 4.79 Å². The van der Waals surface area contributed by atoms with Crippen molar-refractivity contribution < 1.29 is 18.0 Å². The SMILES string of the molecule is NCC(N1CCCC1=O)C(F)(F)F. The van der Waals surface area contributed by atoms with Crippen LogP contribution in [0.3, 0.4) is 0 Å². The average molecular weight is 196 g/mol. The number of hydrogen-bond acceptors (Lipinski definition) is 2. The lowest BCUT2D eigenvalue weighted by Crippen LogP contribution is -2.50. The molecule has 1 aliphatic rings. The standard InChI is InChI=1S/C7H11F3N2O/c8-7(9,10)5(4-11)12-3-1-2-6(12)13/h5H,1-4,11H2. The molecule has 0 aliphatic carbocycles. The zero-order valence-electron chi connectivity index (χ0n) is 6.97. The van der Waals surface area contributed by atoms with E-state index in [4.69, 9.17) is 5.73 Å². The summed E-state index contributed by atoms with van der Waals surface area (Å²) in [7, 11) is 0. The van der Waals surface area contributed by atoms with E-state index in [9.17, 15) is 18.0 Å². The highest BCUT2D eigenvalue weighted by molar-refractivity contribution is 5.78. The fourth-order valence-electron chi connectivity index (χ4n) is 1.44. The largest absolute Gasteiger partial charge is 0.410 e. The second-order valence-electron chi connectivity index (χ2n) is 2.98. The van der Waals surface area contributed by atoms with Gasteiger partial charge in [-0.25, -0.2) is 0 Å². The van der Waals surface area contributed by atoms with Gasteiger partial charge < -0.3 is 10.6 Å². The molecule has 3 nitrogen and oxygen atoms in total. The van der Waals surface area contributed by atoms with Crippen LogP contribution in [0.25, 0.3) is 0 Å². The molecule has 1 amide bonds. The Kier molecular flexibility index (Phi) is 2.80. The maximum absolute atomic E-state index is 12.3. The van der Waals surface area contributed by atoms with Gasteiger partial charge in [0.05, 0.1) is 0 Å². The van der Waals surface area contributed by atoms with Crippen molar-refractivity contribution >= 4 is 5.91 Å². The lowest BCUT2D eigenvalue weighted by atomic mass is 10.2. The van der Waals surface area contributed by atoms with E-state index in [1.165, 1.54) is 0 Å². The van der Waals surface area contributed by atoms with Gasteiger partial charge in [-0.1, -0.05) is 0 Å². The van der Waals surface area contributed by atoms with Crippen LogP contribution in [0, 0.1) is 0 Å². The Morgan fingerprint density at radius 1 is 1.54 bits per heavy atom. The summed E-state index contributed by atoms with van der Waals surface area (Å²) in [6.07, 6.45) is -3.72. The van der Waals surface area contributed by atoms with Crippen molar-refractivity contribution in [3.05, 3.63) is 0 Å². The smallest absolute Gasteiger partial charge is 0.329 e. The van der Waals surface area contributed by atoms with Crippen LogP contribution in [0.15, 0.2) is 0 Å². The molecule has 1 fully saturated rings. The number of carbonyl (C=O) groups excluding carboxylic acids is 1. The van der Waals surface area contributed by atoms with E-state index in [1.807, 2.05) is 0 Å². The van der Waals surface area contributed by atoms with Crippen molar-refractivity contribution in [2.45, 2.75) is 25.1 Å². The van der Waals surface area contributed by atoms with Crippen LogP contribution in [0.4, 0.5) is 13.2 Å². The molecular formula is C7H11F3N2O. The van der Waals surface area contributed by atoms with Crippen molar-refractivity contribution in [3.8, 4) is 0 Å². The van der Waals surface area contributed by atoms with Gasteiger partial charge in [-0.3, -0.25) is 4.79 Å². The summed E-state index contributed by atoms with van der Waals surface area (Å²) in [4.78, 5) is 11.8. The second kappa shape index (κ2) is 3.53. The van der Waals surface area contributed by atoms with Crippen molar-refractivity contribution in [1.82, 2.24) is 4.90 Å². The lowest BCUT2D eigenvalue weighted by molar-refractivity contribution is -0.184. The van der Waals surface area contributed by atoms with Gasteiger partial charge in [-0.05, 0) is 6.42 Å². The molecule has 0 bridgehead atoms. The Labute approximate surface area is 73.7 Å². The fraction of sp³-hybridized carbons (Fsp3) is 0.857. The number of carbonyl (C=O) groups is 1. The van der Waals surface area contributed by atoms with E-state index >= 15 is 0 Å². The highest BCUT2D eigenvalue weighted by Gasteiger charge is 2.45. The van der Waals surface area contributed by atoms with Crippen LogP contribution < -0.4 is 5.73 Å². The molecule has 0 aromatic carbocycles. The molecule has 1 atom stereocenters. The molecule has 0 saturated carbocycles. The molecule has 0 aromatic rings. The summed E-state index contributed by atoms with van der Waals surface area (Å²) in [5.41, 5.74) is 4.99. The van der Waals surface area contributed by atoms with Crippen LogP contribution in [0.1, 0.15) is 12.8 Å². The van der Waals surface area contributed by atoms with E-state index < -0.39 is 24.7 Å². The first-order chi connectivity index (χ1) is 5.96. The highest BCUT2D eigenvalue weighted by atomic mass is 19.4. The van der Waals surface area contributed by atoms with E-state index in [0.717, 1.165) is 4.90 Å². The third-order valence-corrected chi connectivity index (χ3v) is 2.09. The van der Waals surface area contributed by atoms with Gasteiger partial charge in [0.1, 0.15) is 6.04 Å². The Hall–Kier alpha value is -0.780. The summed E-state index contributed by atoms with van der Waals surface area (Å²) in [5, 5.41) is 0. The molecule has 1 aliphatic heterocycles. The topological polar surface area (TPSA) is 46.3 Å². The van der Waals surface area contributed by atoms with Gasteiger partial charge in [0.25, 0.3) is 0 Å². The first-order valence-corrected chi connectivity index (χ1v) is 4.03. The van der Waals surface area contributed by atoms with Gasteiger partial charge in [0.15, 0.2) is 0 Å². The highest BCUT2D eigenvalue weighted by Crippen LogP contribution is 2.27. The molecule has 6 heteroatoms. The van der Waals surface area contributed by atoms with Crippen molar-refractivity contribution in [1.29, 1.82) is 0 Å². The third-order valence-electron chi connectivity index (χ3n) is 2.09. The Balaban J connectivity index is 2.71. The number of hydrogen-bond donors (Lipinski definition) is 1. The van der Waals surface area contributed by atoms with E-state index in [-0.39, 0.29) is 13.0 Å². The van der Waals surface area contributed by atoms with Crippen molar-refractivity contribution in [2.24, 2.45) is 5.73 Å². The first kappa shape index (κ1) is 10.3. The number of rotatable bonds is 2. The van der Waals surface area contributed by atoms with Crippen LogP contribution in [0.2, 0.25) is 0 Å². The Morgan fingerprint density at radius 3 is 2.46 bits per heavy atom. The summed E-state index contributed by atoms with van der Waals surface area (Å²) in [6.45, 7) is -0.393. The molecule has 0 spiro atoms. The average Bonchev–Trinajstić information content (AvgIpc) is 2.35. The van der Waals surface area contributed by atoms with Gasteiger partial charge >= 0.3 is 6.18 Å². The van der Waals surface area contributed by atoms with E-state index in [1.54, 1.807) is 0 Å². The quantitative estimate of drug-likeness (QED) is 0.699. The van der Waals surface area contributed by atoms with Crippen LogP contribution >= 0.6 is 0 Å². The van der Waals surface area contributed by atoms with Gasteiger partial charge in [-0.2, -0.15) is 13.2 Å². The molecule has 1 saturated heterocycles. The predicted octanol–water partition coefficient (Wildman–Crippen LogP) is 0.498.